The number of nitriles is 1. The maximum absolute atomic E-state index is 9.05. The zero-order chi connectivity index (χ0) is 13.9. The largest absolute Gasteiger partial charge is 0.312 e. The summed E-state index contributed by atoms with van der Waals surface area (Å²) in [4.78, 5) is 0. The van der Waals surface area contributed by atoms with Gasteiger partial charge in [0.2, 0.25) is 0 Å². The van der Waals surface area contributed by atoms with Gasteiger partial charge in [0.15, 0.2) is 0 Å². The average molecular weight is 252 g/mol. The molecule has 0 aliphatic carbocycles. The highest BCUT2D eigenvalue weighted by Crippen LogP contribution is 2.15. The molecule has 0 aliphatic heterocycles. The monoisotopic (exact) mass is 252 g/mol. The Kier molecular flexibility index (Phi) is 10.1. The maximum Gasteiger partial charge on any atom is 0.0697 e. The lowest BCUT2D eigenvalue weighted by Crippen LogP contribution is -2.36. The summed E-state index contributed by atoms with van der Waals surface area (Å²) in [6.07, 6.45) is 10.4. The van der Waals surface area contributed by atoms with Crippen molar-refractivity contribution in [3.63, 3.8) is 0 Å². The zero-order valence-electron chi connectivity index (χ0n) is 12.9. The van der Waals surface area contributed by atoms with Crippen LogP contribution in [0, 0.1) is 16.7 Å². The van der Waals surface area contributed by atoms with E-state index >= 15 is 0 Å². The second kappa shape index (κ2) is 10.4. The molecule has 0 amide bonds. The summed E-state index contributed by atoms with van der Waals surface area (Å²) in [5, 5.41) is 12.7. The minimum atomic E-state index is -0.242. The Balaban J connectivity index is 3.99. The molecule has 106 valence electrons. The van der Waals surface area contributed by atoms with E-state index < -0.39 is 0 Å². The second-order valence-electron chi connectivity index (χ2n) is 6.07. The molecular formula is C16H32N2. The van der Waals surface area contributed by atoms with E-state index in [0.29, 0.717) is 6.04 Å². The molecule has 2 heteroatoms. The van der Waals surface area contributed by atoms with Gasteiger partial charge < -0.3 is 5.32 Å². The first-order valence-corrected chi connectivity index (χ1v) is 7.70. The first-order valence-electron chi connectivity index (χ1n) is 7.70. The topological polar surface area (TPSA) is 35.8 Å². The number of nitrogens with zero attached hydrogens (tertiary/aromatic N) is 1. The molecule has 0 saturated carbocycles. The fourth-order valence-electron chi connectivity index (χ4n) is 2.07. The quantitative estimate of drug-likeness (QED) is 0.543. The van der Waals surface area contributed by atoms with Gasteiger partial charge in [-0.15, -0.1) is 0 Å². The van der Waals surface area contributed by atoms with Crippen molar-refractivity contribution in [3.05, 3.63) is 0 Å². The molecule has 2 nitrogen and oxygen atoms in total. The standard InChI is InChI=1S/C16H32N2/c1-5-7-9-11-15(12-10-8-6-2)18-14-16(3,4)13-17/h15,18H,5-12,14H2,1-4H3. The predicted octanol–water partition coefficient (Wildman–Crippen LogP) is 4.65. The molecule has 0 aromatic carbocycles. The van der Waals surface area contributed by atoms with E-state index in [-0.39, 0.29) is 5.41 Å². The van der Waals surface area contributed by atoms with Crippen LogP contribution in [0.15, 0.2) is 0 Å². The molecule has 0 aromatic rings. The summed E-state index contributed by atoms with van der Waals surface area (Å²) < 4.78 is 0. The maximum atomic E-state index is 9.05. The summed E-state index contributed by atoms with van der Waals surface area (Å²) in [7, 11) is 0. The highest BCUT2D eigenvalue weighted by Gasteiger charge is 2.18. The van der Waals surface area contributed by atoms with E-state index in [1.165, 1.54) is 51.4 Å². The molecule has 0 bridgehead atoms. The first kappa shape index (κ1) is 17.4. The molecule has 0 aliphatic rings. The lowest BCUT2D eigenvalue weighted by atomic mass is 9.94. The van der Waals surface area contributed by atoms with E-state index in [1.807, 2.05) is 13.8 Å². The Bertz CT molecular complexity index is 218. The molecule has 0 radical (unpaired) electrons. The Morgan fingerprint density at radius 1 is 1.00 bits per heavy atom. The molecule has 0 saturated heterocycles. The number of rotatable bonds is 11. The fourth-order valence-corrected chi connectivity index (χ4v) is 2.07. The van der Waals surface area contributed by atoms with E-state index in [9.17, 15) is 0 Å². The van der Waals surface area contributed by atoms with Crippen LogP contribution in [0.2, 0.25) is 0 Å². The molecule has 0 rings (SSSR count). The second-order valence-corrected chi connectivity index (χ2v) is 6.07. The molecule has 0 unspecified atom stereocenters. The molecular weight excluding hydrogens is 220 g/mol. The van der Waals surface area contributed by atoms with E-state index in [2.05, 4.69) is 25.2 Å². The molecule has 0 atom stereocenters. The van der Waals surface area contributed by atoms with Crippen molar-refractivity contribution < 1.29 is 0 Å². The normalized spacial score (nSPS) is 11.8. The number of nitrogens with one attached hydrogen (secondary N) is 1. The highest BCUT2D eigenvalue weighted by atomic mass is 14.9. The van der Waals surface area contributed by atoms with Crippen LogP contribution in [0.3, 0.4) is 0 Å². The fraction of sp³-hybridized carbons (Fsp3) is 0.938. The van der Waals surface area contributed by atoms with Crippen LogP contribution < -0.4 is 5.32 Å². The van der Waals surface area contributed by atoms with Crippen LogP contribution in [-0.2, 0) is 0 Å². The number of hydrogen-bond donors (Lipinski definition) is 1. The predicted molar refractivity (Wildman–Crippen MR) is 79.5 cm³/mol. The zero-order valence-corrected chi connectivity index (χ0v) is 12.9. The third-order valence-corrected chi connectivity index (χ3v) is 3.45. The van der Waals surface area contributed by atoms with Gasteiger partial charge in [-0.25, -0.2) is 0 Å². The van der Waals surface area contributed by atoms with Gasteiger partial charge in [-0.1, -0.05) is 52.4 Å². The third-order valence-electron chi connectivity index (χ3n) is 3.45. The van der Waals surface area contributed by atoms with Crippen LogP contribution in [0.4, 0.5) is 0 Å². The van der Waals surface area contributed by atoms with Gasteiger partial charge in [-0.05, 0) is 26.7 Å². The summed E-state index contributed by atoms with van der Waals surface area (Å²) in [6.45, 7) is 9.33. The Morgan fingerprint density at radius 2 is 1.50 bits per heavy atom. The lowest BCUT2D eigenvalue weighted by molar-refractivity contribution is 0.360. The van der Waals surface area contributed by atoms with Crippen molar-refractivity contribution in [1.29, 1.82) is 5.26 Å². The Morgan fingerprint density at radius 3 is 1.89 bits per heavy atom. The Hall–Kier alpha value is -0.550. The SMILES string of the molecule is CCCCCC(CCCCC)NCC(C)(C)C#N. The summed E-state index contributed by atoms with van der Waals surface area (Å²) in [5.41, 5.74) is -0.242. The van der Waals surface area contributed by atoms with E-state index in [1.54, 1.807) is 0 Å². The van der Waals surface area contributed by atoms with Gasteiger partial charge in [0.1, 0.15) is 0 Å². The van der Waals surface area contributed by atoms with Gasteiger partial charge in [-0.2, -0.15) is 5.26 Å². The van der Waals surface area contributed by atoms with Crippen molar-refractivity contribution in [2.24, 2.45) is 5.41 Å². The molecule has 0 fully saturated rings. The van der Waals surface area contributed by atoms with Crippen LogP contribution >= 0.6 is 0 Å². The first-order chi connectivity index (χ1) is 8.55. The van der Waals surface area contributed by atoms with Gasteiger partial charge >= 0.3 is 0 Å². The van der Waals surface area contributed by atoms with Crippen molar-refractivity contribution in [2.45, 2.75) is 85.1 Å². The summed E-state index contributed by atoms with van der Waals surface area (Å²) in [6, 6.07) is 2.98. The number of unbranched alkanes of at least 4 members (excludes halogenated alkanes) is 4. The van der Waals surface area contributed by atoms with Gasteiger partial charge in [-0.3, -0.25) is 0 Å². The molecule has 0 spiro atoms. The number of hydrogen-bond acceptors (Lipinski definition) is 2. The van der Waals surface area contributed by atoms with E-state index in [4.69, 9.17) is 5.26 Å². The third kappa shape index (κ3) is 9.48. The van der Waals surface area contributed by atoms with Crippen molar-refractivity contribution >= 4 is 0 Å². The summed E-state index contributed by atoms with van der Waals surface area (Å²) >= 11 is 0. The average Bonchev–Trinajstić information content (AvgIpc) is 2.36. The van der Waals surface area contributed by atoms with Gasteiger partial charge in [0.05, 0.1) is 11.5 Å². The van der Waals surface area contributed by atoms with Crippen molar-refractivity contribution in [2.75, 3.05) is 6.54 Å². The minimum absolute atomic E-state index is 0.242. The van der Waals surface area contributed by atoms with Crippen LogP contribution in [0.1, 0.15) is 79.1 Å². The molecule has 18 heavy (non-hydrogen) atoms. The Labute approximate surface area is 114 Å². The lowest BCUT2D eigenvalue weighted by Gasteiger charge is -2.23. The molecule has 0 aromatic heterocycles. The molecule has 0 heterocycles. The van der Waals surface area contributed by atoms with Gasteiger partial charge in [0.25, 0.3) is 0 Å². The highest BCUT2D eigenvalue weighted by molar-refractivity contribution is 4.93. The van der Waals surface area contributed by atoms with Crippen molar-refractivity contribution in [1.82, 2.24) is 5.32 Å². The van der Waals surface area contributed by atoms with Gasteiger partial charge in [0, 0.05) is 12.6 Å². The van der Waals surface area contributed by atoms with Crippen LogP contribution in [0.5, 0.6) is 0 Å². The van der Waals surface area contributed by atoms with Crippen molar-refractivity contribution in [3.8, 4) is 6.07 Å². The summed E-state index contributed by atoms with van der Waals surface area (Å²) in [5.74, 6) is 0. The van der Waals surface area contributed by atoms with Crippen LogP contribution in [-0.4, -0.2) is 12.6 Å². The molecule has 1 N–H and O–H groups in total. The smallest absolute Gasteiger partial charge is 0.0697 e. The van der Waals surface area contributed by atoms with E-state index in [0.717, 1.165) is 6.54 Å². The minimum Gasteiger partial charge on any atom is -0.312 e. The van der Waals surface area contributed by atoms with Crippen LogP contribution in [0.25, 0.3) is 0 Å².